The molecule has 1 aliphatic rings. The number of carbonyl (C=O) groups is 1. The quantitative estimate of drug-likeness (QED) is 0.234. The number of carbonyl (C=O) groups excluding carboxylic acids is 1. The Hall–Kier alpha value is -3.30. The summed E-state index contributed by atoms with van der Waals surface area (Å²) in [5, 5.41) is 12.8. The number of fused-ring (bicyclic) bond motifs is 1. The molecule has 0 bridgehead atoms. The summed E-state index contributed by atoms with van der Waals surface area (Å²) < 4.78 is 51.4. The van der Waals surface area contributed by atoms with Gasteiger partial charge >= 0.3 is 6.18 Å². The first kappa shape index (κ1) is 29.7. The molecule has 1 N–H and O–H groups in total. The van der Waals surface area contributed by atoms with Crippen molar-refractivity contribution < 1.29 is 27.4 Å². The zero-order chi connectivity index (χ0) is 29.2. The number of thiophene rings is 1. The maximum atomic E-state index is 13.7. The Kier molecular flexibility index (Phi) is 8.66. The highest BCUT2D eigenvalue weighted by atomic mass is 32.2. The Morgan fingerprint density at radius 2 is 1.90 bits per heavy atom. The van der Waals surface area contributed by atoms with Gasteiger partial charge in [0, 0.05) is 10.4 Å². The van der Waals surface area contributed by atoms with Crippen LogP contribution in [-0.4, -0.2) is 35.8 Å². The van der Waals surface area contributed by atoms with Crippen LogP contribution in [0.3, 0.4) is 0 Å². The minimum Gasteiger partial charge on any atom is -0.493 e. The summed E-state index contributed by atoms with van der Waals surface area (Å²) in [6, 6.07) is 7.74. The lowest BCUT2D eigenvalue weighted by Crippen LogP contribution is -2.26. The van der Waals surface area contributed by atoms with Crippen molar-refractivity contribution in [2.45, 2.75) is 51.4 Å². The SMILES string of the molecule is COc1ccc(-c2cc(C(F)(F)F)nc(SCC(=O)Nc3sc4c(c3C#N)CC[C@H](C(C)(C)C)C4)n2)cc1OC. The smallest absolute Gasteiger partial charge is 0.433 e. The molecule has 0 unspecified atom stereocenters. The Labute approximate surface area is 239 Å². The highest BCUT2D eigenvalue weighted by molar-refractivity contribution is 7.99. The van der Waals surface area contributed by atoms with Gasteiger partial charge in [0.25, 0.3) is 0 Å². The second-order valence-electron chi connectivity index (χ2n) is 10.5. The molecule has 212 valence electrons. The van der Waals surface area contributed by atoms with Crippen LogP contribution in [0.4, 0.5) is 18.2 Å². The van der Waals surface area contributed by atoms with Crippen LogP contribution in [0.25, 0.3) is 11.3 Å². The number of anilines is 1. The van der Waals surface area contributed by atoms with E-state index in [4.69, 9.17) is 9.47 Å². The molecule has 0 saturated heterocycles. The van der Waals surface area contributed by atoms with Crippen molar-refractivity contribution in [3.05, 3.63) is 46.0 Å². The van der Waals surface area contributed by atoms with Crippen LogP contribution in [0.5, 0.6) is 11.5 Å². The summed E-state index contributed by atoms with van der Waals surface area (Å²) in [5.74, 6) is 0.540. The van der Waals surface area contributed by atoms with Gasteiger partial charge in [-0.15, -0.1) is 11.3 Å². The number of methoxy groups -OCH3 is 2. The van der Waals surface area contributed by atoms with Gasteiger partial charge in [0.15, 0.2) is 16.7 Å². The highest BCUT2D eigenvalue weighted by Gasteiger charge is 2.35. The molecule has 2 heterocycles. The number of halogens is 3. The van der Waals surface area contributed by atoms with E-state index in [9.17, 15) is 23.2 Å². The third-order valence-corrected chi connectivity index (χ3v) is 8.88. The number of nitrogens with zero attached hydrogens (tertiary/aromatic N) is 3. The van der Waals surface area contributed by atoms with Crippen molar-refractivity contribution in [1.29, 1.82) is 5.26 Å². The lowest BCUT2D eigenvalue weighted by Gasteiger charge is -2.33. The van der Waals surface area contributed by atoms with Gasteiger partial charge < -0.3 is 14.8 Å². The van der Waals surface area contributed by atoms with Crippen molar-refractivity contribution in [2.24, 2.45) is 11.3 Å². The molecule has 40 heavy (non-hydrogen) atoms. The molecule has 2 aromatic heterocycles. The minimum atomic E-state index is -4.71. The summed E-state index contributed by atoms with van der Waals surface area (Å²) in [6.45, 7) is 6.61. The number of thioether (sulfide) groups is 1. The van der Waals surface area contributed by atoms with Gasteiger partial charge in [-0.25, -0.2) is 9.97 Å². The molecule has 1 aromatic carbocycles. The van der Waals surface area contributed by atoms with Crippen molar-refractivity contribution in [2.75, 3.05) is 25.3 Å². The third kappa shape index (κ3) is 6.53. The van der Waals surface area contributed by atoms with E-state index in [1.54, 1.807) is 12.1 Å². The van der Waals surface area contributed by atoms with Crippen LogP contribution in [0.1, 0.15) is 48.9 Å². The van der Waals surface area contributed by atoms with Gasteiger partial charge in [0.1, 0.15) is 16.8 Å². The number of benzene rings is 1. The summed E-state index contributed by atoms with van der Waals surface area (Å²) >= 11 is 2.19. The zero-order valence-electron chi connectivity index (χ0n) is 22.7. The van der Waals surface area contributed by atoms with E-state index in [2.05, 4.69) is 42.1 Å². The highest BCUT2D eigenvalue weighted by Crippen LogP contribution is 2.44. The number of ether oxygens (including phenoxy) is 2. The van der Waals surface area contributed by atoms with Crippen molar-refractivity contribution >= 4 is 34.0 Å². The molecule has 4 rings (SSSR count). The molecule has 0 saturated carbocycles. The average Bonchev–Trinajstić information content (AvgIpc) is 3.26. The van der Waals surface area contributed by atoms with E-state index in [1.807, 2.05) is 0 Å². The number of aromatic nitrogens is 2. The second-order valence-corrected chi connectivity index (χ2v) is 12.5. The molecule has 3 aromatic rings. The normalized spacial score (nSPS) is 15.2. The van der Waals surface area contributed by atoms with Gasteiger partial charge in [-0.05, 0) is 60.4 Å². The third-order valence-electron chi connectivity index (χ3n) is 6.86. The van der Waals surface area contributed by atoms with E-state index < -0.39 is 17.8 Å². The Morgan fingerprint density at radius 3 is 2.52 bits per heavy atom. The first-order valence-corrected chi connectivity index (χ1v) is 14.3. The Balaban J connectivity index is 1.54. The van der Waals surface area contributed by atoms with Crippen LogP contribution in [0, 0.1) is 22.7 Å². The number of nitrogens with one attached hydrogen (secondary N) is 1. The lowest BCUT2D eigenvalue weighted by atomic mass is 9.72. The van der Waals surface area contributed by atoms with Gasteiger partial charge in [-0.3, -0.25) is 4.79 Å². The number of alkyl halides is 3. The Bertz CT molecular complexity index is 1460. The summed E-state index contributed by atoms with van der Waals surface area (Å²) in [6.07, 6.45) is -2.12. The van der Waals surface area contributed by atoms with Gasteiger partial charge in [0.2, 0.25) is 5.91 Å². The first-order valence-electron chi connectivity index (χ1n) is 12.5. The fourth-order valence-electron chi connectivity index (χ4n) is 4.60. The molecule has 12 heteroatoms. The lowest BCUT2D eigenvalue weighted by molar-refractivity contribution is -0.141. The molecule has 0 aliphatic heterocycles. The first-order chi connectivity index (χ1) is 18.8. The molecule has 0 fully saturated rings. The van der Waals surface area contributed by atoms with Gasteiger partial charge in [-0.1, -0.05) is 32.5 Å². The molecule has 0 spiro atoms. The van der Waals surface area contributed by atoms with Gasteiger partial charge in [0.05, 0.1) is 31.2 Å². The molecule has 1 atom stereocenters. The largest absolute Gasteiger partial charge is 0.493 e. The van der Waals surface area contributed by atoms with Crippen molar-refractivity contribution in [3.8, 4) is 28.8 Å². The van der Waals surface area contributed by atoms with Crippen LogP contribution >= 0.6 is 23.1 Å². The van der Waals surface area contributed by atoms with Crippen LogP contribution in [0.15, 0.2) is 29.4 Å². The predicted molar refractivity (Wildman–Crippen MR) is 149 cm³/mol. The fraction of sp³-hybridized carbons (Fsp3) is 0.429. The molecule has 1 amide bonds. The monoisotopic (exact) mass is 590 g/mol. The van der Waals surface area contributed by atoms with E-state index in [1.165, 1.54) is 31.6 Å². The van der Waals surface area contributed by atoms with E-state index in [0.29, 0.717) is 33.5 Å². The minimum absolute atomic E-state index is 0.0253. The number of amides is 1. The topological polar surface area (TPSA) is 97.1 Å². The van der Waals surface area contributed by atoms with Crippen molar-refractivity contribution in [1.82, 2.24) is 9.97 Å². The molecule has 0 radical (unpaired) electrons. The standard InChI is InChI=1S/C28H29F3N4O3S2/c1-27(2,3)16-7-8-17-18(13-32)25(40-22(17)11-16)35-24(36)14-39-26-33-19(12-23(34-26)28(29,30)31)15-6-9-20(37-4)21(10-15)38-5/h6,9-10,12,16H,7-8,11,14H2,1-5H3,(H,35,36)/t16-/m0/s1. The molecular weight excluding hydrogens is 561 g/mol. The maximum Gasteiger partial charge on any atom is 0.433 e. The van der Waals surface area contributed by atoms with Crippen molar-refractivity contribution in [3.63, 3.8) is 0 Å². The summed E-state index contributed by atoms with van der Waals surface area (Å²) in [7, 11) is 2.88. The van der Waals surface area contributed by atoms with E-state index in [-0.39, 0.29) is 22.0 Å². The number of hydrogen-bond acceptors (Lipinski definition) is 8. The predicted octanol–water partition coefficient (Wildman–Crippen LogP) is 6.99. The number of hydrogen-bond donors (Lipinski definition) is 1. The van der Waals surface area contributed by atoms with Gasteiger partial charge in [-0.2, -0.15) is 18.4 Å². The Morgan fingerprint density at radius 1 is 1.18 bits per heavy atom. The second kappa shape index (κ2) is 11.7. The summed E-state index contributed by atoms with van der Waals surface area (Å²) in [4.78, 5) is 21.9. The van der Waals surface area contributed by atoms with Crippen LogP contribution < -0.4 is 14.8 Å². The maximum absolute atomic E-state index is 13.7. The van der Waals surface area contributed by atoms with Crippen LogP contribution in [0.2, 0.25) is 0 Å². The fourth-order valence-corrected chi connectivity index (χ4v) is 6.55. The molecule has 7 nitrogen and oxygen atoms in total. The molecule has 1 aliphatic carbocycles. The zero-order valence-corrected chi connectivity index (χ0v) is 24.4. The molecular formula is C28H29F3N4O3S2. The average molecular weight is 591 g/mol. The number of nitriles is 1. The van der Waals surface area contributed by atoms with E-state index in [0.717, 1.165) is 47.5 Å². The van der Waals surface area contributed by atoms with Crippen LogP contribution in [-0.2, 0) is 23.8 Å². The summed E-state index contributed by atoms with van der Waals surface area (Å²) in [5.41, 5.74) is 0.857. The number of rotatable bonds is 7. The van der Waals surface area contributed by atoms with E-state index >= 15 is 0 Å².